The smallest absolute Gasteiger partial charge is 0.0306 e. The topological polar surface area (TPSA) is 29.3 Å². The second kappa shape index (κ2) is 6.75. The van der Waals surface area contributed by atoms with Gasteiger partial charge in [0.15, 0.2) is 0 Å². The fraction of sp³-hybridized carbons (Fsp3) is 1.00. The third-order valence-corrected chi connectivity index (χ3v) is 4.48. The molecule has 0 aromatic rings. The molecule has 2 unspecified atom stereocenters. The minimum atomic E-state index is 0.219. The highest BCUT2D eigenvalue weighted by molar-refractivity contribution is 4.89. The molecule has 0 radical (unpaired) electrons. The summed E-state index contributed by atoms with van der Waals surface area (Å²) >= 11 is 0. The van der Waals surface area contributed by atoms with Crippen LogP contribution in [-0.2, 0) is 0 Å². The molecule has 1 heterocycles. The van der Waals surface area contributed by atoms with Crippen molar-refractivity contribution < 1.29 is 0 Å². The molecule has 0 bridgehead atoms. The van der Waals surface area contributed by atoms with Gasteiger partial charge in [-0.3, -0.25) is 4.90 Å². The van der Waals surface area contributed by atoms with E-state index in [1.54, 1.807) is 0 Å². The van der Waals surface area contributed by atoms with Crippen LogP contribution in [0.25, 0.3) is 0 Å². The van der Waals surface area contributed by atoms with Gasteiger partial charge in [-0.25, -0.2) is 0 Å². The van der Waals surface area contributed by atoms with Crippen LogP contribution in [0.4, 0.5) is 0 Å². The summed E-state index contributed by atoms with van der Waals surface area (Å²) in [5.74, 6) is 1.68. The van der Waals surface area contributed by atoms with E-state index in [9.17, 15) is 0 Å². The Morgan fingerprint density at radius 3 is 2.53 bits per heavy atom. The summed E-state index contributed by atoms with van der Waals surface area (Å²) in [7, 11) is 0. The van der Waals surface area contributed by atoms with E-state index in [0.29, 0.717) is 0 Å². The Balaban J connectivity index is 2.62. The van der Waals surface area contributed by atoms with E-state index < -0.39 is 0 Å². The Morgan fingerprint density at radius 1 is 1.29 bits per heavy atom. The van der Waals surface area contributed by atoms with Gasteiger partial charge in [0, 0.05) is 12.1 Å². The second-order valence-corrected chi connectivity index (χ2v) is 6.49. The second-order valence-electron chi connectivity index (χ2n) is 6.49. The average molecular weight is 240 g/mol. The highest BCUT2D eigenvalue weighted by Crippen LogP contribution is 2.28. The first-order valence-corrected chi connectivity index (χ1v) is 7.47. The monoisotopic (exact) mass is 240 g/mol. The van der Waals surface area contributed by atoms with Crippen LogP contribution in [0.15, 0.2) is 0 Å². The third-order valence-electron chi connectivity index (χ3n) is 4.48. The average Bonchev–Trinajstić information content (AvgIpc) is 2.53. The molecule has 1 fully saturated rings. The van der Waals surface area contributed by atoms with Gasteiger partial charge >= 0.3 is 0 Å². The Labute approximate surface area is 108 Å². The summed E-state index contributed by atoms with van der Waals surface area (Å²) in [5.41, 5.74) is 6.28. The predicted molar refractivity (Wildman–Crippen MR) is 76.1 cm³/mol. The lowest BCUT2D eigenvalue weighted by Crippen LogP contribution is -2.52. The lowest BCUT2D eigenvalue weighted by Gasteiger charge is -2.41. The number of nitrogens with zero attached hydrogens (tertiary/aromatic N) is 1. The summed E-state index contributed by atoms with van der Waals surface area (Å²) in [6, 6.07) is 0. The molecule has 1 rings (SSSR count). The molecule has 1 aliphatic rings. The molecular formula is C15H32N2. The molecule has 17 heavy (non-hydrogen) atoms. The van der Waals surface area contributed by atoms with Crippen LogP contribution in [0.3, 0.4) is 0 Å². The summed E-state index contributed by atoms with van der Waals surface area (Å²) in [5, 5.41) is 0. The molecule has 1 aliphatic heterocycles. The van der Waals surface area contributed by atoms with E-state index in [4.69, 9.17) is 5.73 Å². The quantitative estimate of drug-likeness (QED) is 0.799. The molecule has 2 N–H and O–H groups in total. The first-order valence-electron chi connectivity index (χ1n) is 7.47. The van der Waals surface area contributed by atoms with Crippen LogP contribution in [0, 0.1) is 11.8 Å². The molecule has 0 amide bonds. The van der Waals surface area contributed by atoms with Crippen LogP contribution in [0.2, 0.25) is 0 Å². The van der Waals surface area contributed by atoms with Gasteiger partial charge in [0.25, 0.3) is 0 Å². The SMILES string of the molecule is CCC1CCCN(C(C)(CN)CC(C)C)CC1. The number of nitrogens with two attached hydrogens (primary N) is 1. The number of likely N-dealkylation sites (tertiary alicyclic amines) is 1. The highest BCUT2D eigenvalue weighted by Gasteiger charge is 2.32. The molecule has 0 spiro atoms. The largest absolute Gasteiger partial charge is 0.329 e. The maximum Gasteiger partial charge on any atom is 0.0306 e. The molecule has 2 nitrogen and oxygen atoms in total. The van der Waals surface area contributed by atoms with Crippen molar-refractivity contribution >= 4 is 0 Å². The zero-order chi connectivity index (χ0) is 12.9. The van der Waals surface area contributed by atoms with E-state index in [1.165, 1.54) is 45.2 Å². The molecule has 0 aromatic carbocycles. The van der Waals surface area contributed by atoms with Gasteiger partial charge < -0.3 is 5.73 Å². The Morgan fingerprint density at radius 2 is 2.00 bits per heavy atom. The van der Waals surface area contributed by atoms with Gasteiger partial charge in [0.1, 0.15) is 0 Å². The molecule has 0 aromatic heterocycles. The molecule has 0 aliphatic carbocycles. The minimum absolute atomic E-state index is 0.219. The summed E-state index contributed by atoms with van der Waals surface area (Å²) in [6.45, 7) is 12.6. The zero-order valence-corrected chi connectivity index (χ0v) is 12.3. The van der Waals surface area contributed by atoms with E-state index in [-0.39, 0.29) is 5.54 Å². The summed E-state index contributed by atoms with van der Waals surface area (Å²) < 4.78 is 0. The summed E-state index contributed by atoms with van der Waals surface area (Å²) in [4.78, 5) is 2.67. The van der Waals surface area contributed by atoms with Gasteiger partial charge in [0.05, 0.1) is 0 Å². The number of hydrogen-bond acceptors (Lipinski definition) is 2. The summed E-state index contributed by atoms with van der Waals surface area (Å²) in [6.07, 6.45) is 6.70. The lowest BCUT2D eigenvalue weighted by atomic mass is 9.88. The van der Waals surface area contributed by atoms with Crippen molar-refractivity contribution in [3.63, 3.8) is 0 Å². The van der Waals surface area contributed by atoms with Gasteiger partial charge in [0.2, 0.25) is 0 Å². The van der Waals surface area contributed by atoms with Crippen molar-refractivity contribution in [1.29, 1.82) is 0 Å². The zero-order valence-electron chi connectivity index (χ0n) is 12.3. The van der Waals surface area contributed by atoms with Gasteiger partial charge in [-0.2, -0.15) is 0 Å². The van der Waals surface area contributed by atoms with Crippen LogP contribution < -0.4 is 5.73 Å². The van der Waals surface area contributed by atoms with Crippen LogP contribution in [-0.4, -0.2) is 30.1 Å². The fourth-order valence-electron chi connectivity index (χ4n) is 3.33. The van der Waals surface area contributed by atoms with E-state index >= 15 is 0 Å². The van der Waals surface area contributed by atoms with Crippen molar-refractivity contribution in [3.8, 4) is 0 Å². The van der Waals surface area contributed by atoms with Gasteiger partial charge in [-0.1, -0.05) is 27.2 Å². The van der Waals surface area contributed by atoms with Crippen LogP contribution >= 0.6 is 0 Å². The minimum Gasteiger partial charge on any atom is -0.329 e. The first-order chi connectivity index (χ1) is 8.01. The predicted octanol–water partition coefficient (Wildman–Crippen LogP) is 3.26. The normalized spacial score (nSPS) is 26.8. The van der Waals surface area contributed by atoms with Crippen LogP contribution in [0.1, 0.15) is 59.8 Å². The maximum absolute atomic E-state index is 6.06. The molecule has 2 heteroatoms. The molecule has 102 valence electrons. The first kappa shape index (κ1) is 15.0. The van der Waals surface area contributed by atoms with Crippen molar-refractivity contribution in [1.82, 2.24) is 4.90 Å². The lowest BCUT2D eigenvalue weighted by molar-refractivity contribution is 0.0916. The third kappa shape index (κ3) is 4.26. The van der Waals surface area contributed by atoms with Crippen molar-refractivity contribution in [2.45, 2.75) is 65.3 Å². The van der Waals surface area contributed by atoms with E-state index in [1.807, 2.05) is 0 Å². The Bertz CT molecular complexity index is 215. The fourth-order valence-corrected chi connectivity index (χ4v) is 3.33. The van der Waals surface area contributed by atoms with Gasteiger partial charge in [-0.15, -0.1) is 0 Å². The van der Waals surface area contributed by atoms with Gasteiger partial charge in [-0.05, 0) is 57.5 Å². The van der Waals surface area contributed by atoms with Crippen LogP contribution in [0.5, 0.6) is 0 Å². The van der Waals surface area contributed by atoms with E-state index in [0.717, 1.165) is 18.4 Å². The van der Waals surface area contributed by atoms with E-state index in [2.05, 4.69) is 32.6 Å². The number of rotatable bonds is 5. The standard InChI is InChI=1S/C15H32N2/c1-5-14-7-6-9-17(10-8-14)15(4,12-16)11-13(2)3/h13-14H,5-12,16H2,1-4H3. The van der Waals surface area contributed by atoms with Crippen molar-refractivity contribution in [3.05, 3.63) is 0 Å². The molecular weight excluding hydrogens is 208 g/mol. The maximum atomic E-state index is 6.06. The van der Waals surface area contributed by atoms with Crippen molar-refractivity contribution in [2.75, 3.05) is 19.6 Å². The Kier molecular flexibility index (Phi) is 5.94. The Hall–Kier alpha value is -0.0800. The molecule has 2 atom stereocenters. The molecule has 0 saturated carbocycles. The highest BCUT2D eigenvalue weighted by atomic mass is 15.2. The molecule has 1 saturated heterocycles. The number of hydrogen-bond donors (Lipinski definition) is 1. The van der Waals surface area contributed by atoms with Crippen molar-refractivity contribution in [2.24, 2.45) is 17.6 Å².